The maximum atomic E-state index is 12.3. The lowest BCUT2D eigenvalue weighted by molar-refractivity contribution is -0.117. The van der Waals surface area contributed by atoms with Crippen molar-refractivity contribution < 1.29 is 14.3 Å². The third kappa shape index (κ3) is 4.78. The van der Waals surface area contributed by atoms with Gasteiger partial charge >= 0.3 is 6.03 Å². The molecule has 2 N–H and O–H groups in total. The number of anilines is 2. The summed E-state index contributed by atoms with van der Waals surface area (Å²) in [7, 11) is 0. The molecule has 6 nitrogen and oxygen atoms in total. The molecule has 0 unspecified atom stereocenters. The largest absolute Gasteiger partial charge is 0.494 e. The standard InChI is InChI=1S/C21H25N3O3/c1-3-15-5-7-16(8-6-15)22-21(26)23-17-13-20(25)24(14-17)18-9-11-19(12-10-18)27-4-2/h5-12,17H,3-4,13-14H2,1-2H3,(H2,22,23,26)/t17-/m0/s1. The Morgan fingerprint density at radius 1 is 1.11 bits per heavy atom. The fourth-order valence-corrected chi connectivity index (χ4v) is 3.12. The highest BCUT2D eigenvalue weighted by atomic mass is 16.5. The first-order chi connectivity index (χ1) is 13.1. The van der Waals surface area contributed by atoms with Crippen LogP contribution in [0.15, 0.2) is 48.5 Å². The Labute approximate surface area is 159 Å². The molecule has 0 aromatic heterocycles. The summed E-state index contributed by atoms with van der Waals surface area (Å²) in [6, 6.07) is 14.6. The molecule has 1 aliphatic heterocycles. The van der Waals surface area contributed by atoms with Gasteiger partial charge in [-0.3, -0.25) is 4.79 Å². The van der Waals surface area contributed by atoms with Gasteiger partial charge < -0.3 is 20.3 Å². The van der Waals surface area contributed by atoms with E-state index in [4.69, 9.17) is 4.74 Å². The second-order valence-electron chi connectivity index (χ2n) is 6.48. The fourth-order valence-electron chi connectivity index (χ4n) is 3.12. The molecule has 0 radical (unpaired) electrons. The summed E-state index contributed by atoms with van der Waals surface area (Å²) < 4.78 is 5.43. The van der Waals surface area contributed by atoms with Crippen LogP contribution in [0.4, 0.5) is 16.2 Å². The minimum Gasteiger partial charge on any atom is -0.494 e. The van der Waals surface area contributed by atoms with Crippen LogP contribution in [0.3, 0.4) is 0 Å². The molecule has 27 heavy (non-hydrogen) atoms. The van der Waals surface area contributed by atoms with E-state index in [0.29, 0.717) is 13.2 Å². The molecule has 2 aromatic carbocycles. The summed E-state index contributed by atoms with van der Waals surface area (Å²) >= 11 is 0. The number of hydrogen-bond donors (Lipinski definition) is 2. The average molecular weight is 367 g/mol. The highest BCUT2D eigenvalue weighted by Crippen LogP contribution is 2.24. The minimum atomic E-state index is -0.300. The SMILES string of the molecule is CCOc1ccc(N2C[C@@H](NC(=O)Nc3ccc(CC)cc3)CC2=O)cc1. The molecule has 1 saturated heterocycles. The molecule has 0 bridgehead atoms. The van der Waals surface area contributed by atoms with Gasteiger partial charge in [-0.2, -0.15) is 0 Å². The van der Waals surface area contributed by atoms with Crippen LogP contribution in [0, 0.1) is 0 Å². The molecular formula is C21H25N3O3. The van der Waals surface area contributed by atoms with Crippen molar-refractivity contribution in [2.45, 2.75) is 32.7 Å². The number of benzene rings is 2. The molecule has 142 valence electrons. The highest BCUT2D eigenvalue weighted by Gasteiger charge is 2.31. The number of nitrogens with zero attached hydrogens (tertiary/aromatic N) is 1. The minimum absolute atomic E-state index is 0.00300. The number of aryl methyl sites for hydroxylation is 1. The van der Waals surface area contributed by atoms with Gasteiger partial charge in [0.15, 0.2) is 0 Å². The first-order valence-electron chi connectivity index (χ1n) is 9.28. The van der Waals surface area contributed by atoms with Gasteiger partial charge in [0.1, 0.15) is 5.75 Å². The first kappa shape index (κ1) is 18.8. The Morgan fingerprint density at radius 3 is 2.44 bits per heavy atom. The van der Waals surface area contributed by atoms with Crippen molar-refractivity contribution in [3.8, 4) is 5.75 Å². The predicted octanol–water partition coefficient (Wildman–Crippen LogP) is 3.57. The fraction of sp³-hybridized carbons (Fsp3) is 0.333. The Bertz CT molecular complexity index is 787. The average Bonchev–Trinajstić information content (AvgIpc) is 3.03. The summed E-state index contributed by atoms with van der Waals surface area (Å²) in [6.45, 7) is 5.07. The van der Waals surface area contributed by atoms with Gasteiger partial charge in [-0.05, 0) is 55.3 Å². The smallest absolute Gasteiger partial charge is 0.319 e. The van der Waals surface area contributed by atoms with Crippen molar-refractivity contribution in [2.24, 2.45) is 0 Å². The molecule has 1 fully saturated rings. The third-order valence-corrected chi connectivity index (χ3v) is 4.54. The van der Waals surface area contributed by atoms with Crippen LogP contribution in [0.2, 0.25) is 0 Å². The molecule has 0 aliphatic carbocycles. The lowest BCUT2D eigenvalue weighted by Gasteiger charge is -2.18. The Kier molecular flexibility index (Phi) is 5.96. The molecule has 0 spiro atoms. The summed E-state index contributed by atoms with van der Waals surface area (Å²) in [4.78, 5) is 26.2. The molecule has 2 aromatic rings. The zero-order valence-corrected chi connectivity index (χ0v) is 15.7. The van der Waals surface area contributed by atoms with Crippen LogP contribution in [0.5, 0.6) is 5.75 Å². The van der Waals surface area contributed by atoms with Gasteiger partial charge in [0, 0.05) is 24.3 Å². The van der Waals surface area contributed by atoms with E-state index in [1.807, 2.05) is 55.5 Å². The van der Waals surface area contributed by atoms with Gasteiger partial charge in [-0.15, -0.1) is 0 Å². The van der Waals surface area contributed by atoms with Gasteiger partial charge in [0.05, 0.1) is 12.6 Å². The van der Waals surface area contributed by atoms with Gasteiger partial charge in [0.2, 0.25) is 5.91 Å². The molecule has 6 heteroatoms. The van der Waals surface area contributed by atoms with Gasteiger partial charge in [0.25, 0.3) is 0 Å². The van der Waals surface area contributed by atoms with E-state index in [1.165, 1.54) is 5.56 Å². The Hall–Kier alpha value is -3.02. The highest BCUT2D eigenvalue weighted by molar-refractivity contribution is 5.97. The molecule has 1 atom stereocenters. The van der Waals surface area contributed by atoms with Crippen LogP contribution in [0.1, 0.15) is 25.8 Å². The molecular weight excluding hydrogens is 342 g/mol. The van der Waals surface area contributed by atoms with Crippen LogP contribution in [0.25, 0.3) is 0 Å². The van der Waals surface area contributed by atoms with Crippen molar-refractivity contribution in [1.29, 1.82) is 0 Å². The number of carbonyl (C=O) groups is 2. The number of rotatable bonds is 6. The summed E-state index contributed by atoms with van der Waals surface area (Å²) in [5, 5.41) is 5.70. The molecule has 0 saturated carbocycles. The summed E-state index contributed by atoms with van der Waals surface area (Å²) in [5.41, 5.74) is 2.76. The molecule has 1 aliphatic rings. The van der Waals surface area contributed by atoms with Crippen molar-refractivity contribution >= 4 is 23.3 Å². The number of ether oxygens (including phenoxy) is 1. The van der Waals surface area contributed by atoms with Crippen LogP contribution in [-0.2, 0) is 11.2 Å². The lowest BCUT2D eigenvalue weighted by atomic mass is 10.1. The third-order valence-electron chi connectivity index (χ3n) is 4.54. The molecule has 3 rings (SSSR count). The van der Waals surface area contributed by atoms with E-state index < -0.39 is 0 Å². The van der Waals surface area contributed by atoms with Gasteiger partial charge in [-0.1, -0.05) is 19.1 Å². The predicted molar refractivity (Wildman–Crippen MR) is 106 cm³/mol. The maximum Gasteiger partial charge on any atom is 0.319 e. The molecule has 1 heterocycles. The zero-order chi connectivity index (χ0) is 19.2. The second-order valence-corrected chi connectivity index (χ2v) is 6.48. The van der Waals surface area contributed by atoms with Crippen molar-refractivity contribution in [2.75, 3.05) is 23.4 Å². The Balaban J connectivity index is 1.55. The Morgan fingerprint density at radius 2 is 1.81 bits per heavy atom. The van der Waals surface area contributed by atoms with Gasteiger partial charge in [-0.25, -0.2) is 4.79 Å². The van der Waals surface area contributed by atoms with E-state index in [0.717, 1.165) is 23.5 Å². The molecule has 3 amide bonds. The van der Waals surface area contributed by atoms with E-state index in [1.54, 1.807) is 4.90 Å². The van der Waals surface area contributed by atoms with Crippen LogP contribution >= 0.6 is 0 Å². The lowest BCUT2D eigenvalue weighted by Crippen LogP contribution is -2.39. The normalized spacial score (nSPS) is 16.3. The first-order valence-corrected chi connectivity index (χ1v) is 9.28. The van der Waals surface area contributed by atoms with E-state index in [2.05, 4.69) is 17.6 Å². The number of amides is 3. The van der Waals surface area contributed by atoms with Crippen molar-refractivity contribution in [3.63, 3.8) is 0 Å². The quantitative estimate of drug-likeness (QED) is 0.820. The van der Waals surface area contributed by atoms with Crippen LogP contribution in [-0.4, -0.2) is 31.1 Å². The zero-order valence-electron chi connectivity index (χ0n) is 15.7. The van der Waals surface area contributed by atoms with E-state index in [-0.39, 0.29) is 24.4 Å². The number of urea groups is 1. The maximum absolute atomic E-state index is 12.3. The number of carbonyl (C=O) groups excluding carboxylic acids is 2. The number of hydrogen-bond acceptors (Lipinski definition) is 3. The topological polar surface area (TPSA) is 70.7 Å². The van der Waals surface area contributed by atoms with E-state index >= 15 is 0 Å². The van der Waals surface area contributed by atoms with Crippen molar-refractivity contribution in [1.82, 2.24) is 5.32 Å². The monoisotopic (exact) mass is 367 g/mol. The number of nitrogens with one attached hydrogen (secondary N) is 2. The summed E-state index contributed by atoms with van der Waals surface area (Å²) in [5.74, 6) is 0.771. The van der Waals surface area contributed by atoms with Crippen molar-refractivity contribution in [3.05, 3.63) is 54.1 Å². The second kappa shape index (κ2) is 8.58. The summed E-state index contributed by atoms with van der Waals surface area (Å²) in [6.07, 6.45) is 1.24. The van der Waals surface area contributed by atoms with Crippen LogP contribution < -0.4 is 20.3 Å². The van der Waals surface area contributed by atoms with E-state index in [9.17, 15) is 9.59 Å².